The Kier molecular flexibility index (Phi) is 5.75. The molecule has 0 aliphatic rings. The quantitative estimate of drug-likeness (QED) is 0.450. The van der Waals surface area contributed by atoms with E-state index in [9.17, 15) is 0 Å². The number of aryl methyl sites for hydroxylation is 1. The summed E-state index contributed by atoms with van der Waals surface area (Å²) in [5, 5.41) is 3.68. The Bertz CT molecular complexity index is 730. The smallest absolute Gasteiger partial charge is 0.0554 e. The number of hydrogen-bond acceptors (Lipinski definition) is 1. The van der Waals surface area contributed by atoms with Crippen LogP contribution in [0.15, 0.2) is 81.7 Å². The van der Waals surface area contributed by atoms with Crippen molar-refractivity contribution in [1.82, 2.24) is 0 Å². The monoisotopic (exact) mass is 443 g/mol. The lowest BCUT2D eigenvalue weighted by Gasteiger charge is -2.21. The molecule has 1 atom stereocenters. The summed E-state index contributed by atoms with van der Waals surface area (Å²) < 4.78 is 2.21. The summed E-state index contributed by atoms with van der Waals surface area (Å²) in [5.74, 6) is 0. The van der Waals surface area contributed by atoms with Crippen LogP contribution in [0.4, 0.5) is 5.69 Å². The largest absolute Gasteiger partial charge is 0.378 e. The molecule has 3 aromatic rings. The zero-order valence-electron chi connectivity index (χ0n) is 13.5. The standard InChI is InChI=1S/C21H19Br2N/c1-15-2-12-20(13-3-15)24-21(17-6-10-19(23)11-7-17)14-16-4-8-18(22)9-5-16/h2-13,21,24H,14H2,1H3. The normalized spacial score (nSPS) is 12.0. The molecule has 1 N–H and O–H groups in total. The molecule has 122 valence electrons. The van der Waals surface area contributed by atoms with Gasteiger partial charge in [0.15, 0.2) is 0 Å². The van der Waals surface area contributed by atoms with Gasteiger partial charge in [-0.25, -0.2) is 0 Å². The molecule has 3 aromatic carbocycles. The maximum absolute atomic E-state index is 3.68. The van der Waals surface area contributed by atoms with E-state index in [1.165, 1.54) is 16.7 Å². The fourth-order valence-corrected chi connectivity index (χ4v) is 3.18. The van der Waals surface area contributed by atoms with E-state index in [0.29, 0.717) is 0 Å². The minimum Gasteiger partial charge on any atom is -0.378 e. The highest BCUT2D eigenvalue weighted by atomic mass is 79.9. The van der Waals surface area contributed by atoms with Gasteiger partial charge in [0.2, 0.25) is 0 Å². The van der Waals surface area contributed by atoms with E-state index in [1.807, 2.05) is 0 Å². The molecule has 3 rings (SSSR count). The van der Waals surface area contributed by atoms with Crippen LogP contribution >= 0.6 is 31.9 Å². The van der Waals surface area contributed by atoms with E-state index in [1.54, 1.807) is 0 Å². The van der Waals surface area contributed by atoms with Crippen molar-refractivity contribution in [2.24, 2.45) is 0 Å². The summed E-state index contributed by atoms with van der Waals surface area (Å²) in [5.41, 5.74) is 5.01. The van der Waals surface area contributed by atoms with Crippen molar-refractivity contribution in [3.8, 4) is 0 Å². The molecule has 0 fully saturated rings. The summed E-state index contributed by atoms with van der Waals surface area (Å²) in [7, 11) is 0. The van der Waals surface area contributed by atoms with E-state index in [-0.39, 0.29) is 6.04 Å². The predicted octanol–water partition coefficient (Wildman–Crippen LogP) is 6.92. The Labute approximate surface area is 160 Å². The van der Waals surface area contributed by atoms with Crippen molar-refractivity contribution >= 4 is 37.5 Å². The molecule has 0 aromatic heterocycles. The molecule has 3 heteroatoms. The van der Waals surface area contributed by atoms with Gasteiger partial charge in [0.25, 0.3) is 0 Å². The second-order valence-corrected chi connectivity index (χ2v) is 7.78. The Morgan fingerprint density at radius 2 is 1.29 bits per heavy atom. The van der Waals surface area contributed by atoms with Gasteiger partial charge in [-0.05, 0) is 60.9 Å². The van der Waals surface area contributed by atoms with E-state index in [4.69, 9.17) is 0 Å². The SMILES string of the molecule is Cc1ccc(NC(Cc2ccc(Br)cc2)c2ccc(Br)cc2)cc1. The molecular formula is C21H19Br2N. The fraction of sp³-hybridized carbons (Fsp3) is 0.143. The van der Waals surface area contributed by atoms with Gasteiger partial charge in [-0.15, -0.1) is 0 Å². The van der Waals surface area contributed by atoms with E-state index in [2.05, 4.69) is 117 Å². The van der Waals surface area contributed by atoms with Gasteiger partial charge in [-0.3, -0.25) is 0 Å². The van der Waals surface area contributed by atoms with Crippen LogP contribution in [-0.4, -0.2) is 0 Å². The first kappa shape index (κ1) is 17.2. The van der Waals surface area contributed by atoms with Gasteiger partial charge < -0.3 is 5.32 Å². The lowest BCUT2D eigenvalue weighted by Crippen LogP contribution is -2.13. The molecule has 0 heterocycles. The minimum atomic E-state index is 0.224. The molecule has 0 aliphatic carbocycles. The van der Waals surface area contributed by atoms with Crippen LogP contribution in [0.25, 0.3) is 0 Å². The van der Waals surface area contributed by atoms with Gasteiger partial charge in [-0.1, -0.05) is 73.8 Å². The van der Waals surface area contributed by atoms with Crippen LogP contribution < -0.4 is 5.32 Å². The molecule has 1 nitrogen and oxygen atoms in total. The minimum absolute atomic E-state index is 0.224. The van der Waals surface area contributed by atoms with E-state index >= 15 is 0 Å². The van der Waals surface area contributed by atoms with E-state index < -0.39 is 0 Å². The van der Waals surface area contributed by atoms with E-state index in [0.717, 1.165) is 21.1 Å². The number of hydrogen-bond donors (Lipinski definition) is 1. The third kappa shape index (κ3) is 4.71. The molecule has 0 aliphatic heterocycles. The number of benzene rings is 3. The molecule has 24 heavy (non-hydrogen) atoms. The summed E-state index contributed by atoms with van der Waals surface area (Å²) >= 11 is 7.02. The average molecular weight is 445 g/mol. The van der Waals surface area contributed by atoms with Crippen LogP contribution in [0.5, 0.6) is 0 Å². The number of nitrogens with one attached hydrogen (secondary N) is 1. The average Bonchev–Trinajstić information content (AvgIpc) is 2.59. The molecule has 0 amide bonds. The second kappa shape index (κ2) is 8.00. The highest BCUT2D eigenvalue weighted by molar-refractivity contribution is 9.10. The number of anilines is 1. The summed E-state index contributed by atoms with van der Waals surface area (Å²) in [6, 6.07) is 25.9. The summed E-state index contributed by atoms with van der Waals surface area (Å²) in [4.78, 5) is 0. The topological polar surface area (TPSA) is 12.0 Å². The molecule has 1 unspecified atom stereocenters. The number of rotatable bonds is 5. The molecule has 0 radical (unpaired) electrons. The van der Waals surface area contributed by atoms with Crippen molar-refractivity contribution in [2.75, 3.05) is 5.32 Å². The lowest BCUT2D eigenvalue weighted by molar-refractivity contribution is 0.775. The molecule has 0 spiro atoms. The first-order chi connectivity index (χ1) is 11.6. The zero-order valence-corrected chi connectivity index (χ0v) is 16.6. The van der Waals surface area contributed by atoms with Crippen LogP contribution in [-0.2, 0) is 6.42 Å². The third-order valence-corrected chi connectivity index (χ3v) is 5.08. The van der Waals surface area contributed by atoms with Gasteiger partial charge in [0.1, 0.15) is 0 Å². The number of halogens is 2. The predicted molar refractivity (Wildman–Crippen MR) is 110 cm³/mol. The van der Waals surface area contributed by atoms with Crippen LogP contribution in [0.3, 0.4) is 0 Å². The Hall–Kier alpha value is -1.58. The molecular weight excluding hydrogens is 426 g/mol. The maximum Gasteiger partial charge on any atom is 0.0554 e. The highest BCUT2D eigenvalue weighted by Crippen LogP contribution is 2.26. The van der Waals surface area contributed by atoms with Gasteiger partial charge in [0.05, 0.1) is 6.04 Å². The Morgan fingerprint density at radius 3 is 1.88 bits per heavy atom. The van der Waals surface area contributed by atoms with Gasteiger partial charge in [-0.2, -0.15) is 0 Å². The third-order valence-electron chi connectivity index (χ3n) is 4.02. The van der Waals surface area contributed by atoms with Crippen LogP contribution in [0.1, 0.15) is 22.7 Å². The first-order valence-electron chi connectivity index (χ1n) is 7.93. The lowest BCUT2D eigenvalue weighted by atomic mass is 9.98. The van der Waals surface area contributed by atoms with Crippen molar-refractivity contribution < 1.29 is 0 Å². The Balaban J connectivity index is 1.86. The summed E-state index contributed by atoms with van der Waals surface area (Å²) in [6.07, 6.45) is 0.933. The maximum atomic E-state index is 3.68. The summed E-state index contributed by atoms with van der Waals surface area (Å²) in [6.45, 7) is 2.11. The zero-order chi connectivity index (χ0) is 16.9. The molecule has 0 saturated carbocycles. The highest BCUT2D eigenvalue weighted by Gasteiger charge is 2.12. The molecule has 0 saturated heterocycles. The van der Waals surface area contributed by atoms with Crippen LogP contribution in [0, 0.1) is 6.92 Å². The van der Waals surface area contributed by atoms with Crippen molar-refractivity contribution in [2.45, 2.75) is 19.4 Å². The van der Waals surface area contributed by atoms with Crippen molar-refractivity contribution in [1.29, 1.82) is 0 Å². The van der Waals surface area contributed by atoms with Crippen molar-refractivity contribution in [3.05, 3.63) is 98.4 Å². The fourth-order valence-electron chi connectivity index (χ4n) is 2.65. The van der Waals surface area contributed by atoms with Gasteiger partial charge in [0, 0.05) is 14.6 Å². The van der Waals surface area contributed by atoms with Gasteiger partial charge >= 0.3 is 0 Å². The first-order valence-corrected chi connectivity index (χ1v) is 9.52. The Morgan fingerprint density at radius 1 is 0.750 bits per heavy atom. The second-order valence-electron chi connectivity index (χ2n) is 5.95. The van der Waals surface area contributed by atoms with Crippen molar-refractivity contribution in [3.63, 3.8) is 0 Å². The molecule has 0 bridgehead atoms. The van der Waals surface area contributed by atoms with Crippen LogP contribution in [0.2, 0.25) is 0 Å².